The molecular formula is C41H64N10O11. The first-order valence-corrected chi connectivity index (χ1v) is 21.0. The third-order valence-corrected chi connectivity index (χ3v) is 10.9. The Morgan fingerprint density at radius 2 is 1.24 bits per heavy atom. The second-order valence-electron chi connectivity index (χ2n) is 16.7. The van der Waals surface area contributed by atoms with E-state index >= 15 is 0 Å². The number of aliphatic hydroxyl groups is 1. The molecule has 0 saturated carbocycles. The number of phenolic OH excluding ortho intramolecular Hbond substituents is 1. The largest absolute Gasteiger partial charge is 0.508 e. The minimum Gasteiger partial charge on any atom is -0.508 e. The first-order chi connectivity index (χ1) is 29.1. The Balaban J connectivity index is 1.84. The van der Waals surface area contributed by atoms with Crippen LogP contribution in [-0.2, 0) is 49.6 Å². The zero-order valence-corrected chi connectivity index (χ0v) is 36.1. The number of phenols is 1. The van der Waals surface area contributed by atoms with Crippen molar-refractivity contribution in [2.45, 2.75) is 134 Å². The fourth-order valence-electron chi connectivity index (χ4n) is 7.56. The Hall–Kier alpha value is -5.83. The maximum absolute atomic E-state index is 14.4. The highest BCUT2D eigenvalue weighted by Gasteiger charge is 2.41. The lowest BCUT2D eigenvalue weighted by molar-refractivity contribution is -0.143. The molecule has 3 rings (SSSR count). The monoisotopic (exact) mass is 872 g/mol. The van der Waals surface area contributed by atoms with E-state index in [1.165, 1.54) is 28.9 Å². The number of nitrogens with two attached hydrogens (primary N) is 3. The number of carbonyl (C=O) groups excluding carboxylic acids is 9. The molecule has 2 aliphatic heterocycles. The number of benzene rings is 1. The molecule has 2 heterocycles. The summed E-state index contributed by atoms with van der Waals surface area (Å²) in [6.45, 7) is 8.30. The Kier molecular flexibility index (Phi) is 19.1. The van der Waals surface area contributed by atoms with Gasteiger partial charge < -0.3 is 63.8 Å². The molecule has 0 radical (unpaired) electrons. The maximum Gasteiger partial charge on any atom is 0.245 e. The van der Waals surface area contributed by atoms with Crippen LogP contribution in [0.25, 0.3) is 0 Å². The van der Waals surface area contributed by atoms with Crippen molar-refractivity contribution in [2.24, 2.45) is 29.0 Å². The summed E-state index contributed by atoms with van der Waals surface area (Å²) in [6.07, 6.45) is -0.585. The molecule has 0 aromatic heterocycles. The summed E-state index contributed by atoms with van der Waals surface area (Å²) >= 11 is 0. The molecule has 13 N–H and O–H groups in total. The second-order valence-corrected chi connectivity index (χ2v) is 16.7. The summed E-state index contributed by atoms with van der Waals surface area (Å²) < 4.78 is 0. The van der Waals surface area contributed by atoms with Gasteiger partial charge in [-0.3, -0.25) is 43.2 Å². The molecule has 2 aliphatic rings. The van der Waals surface area contributed by atoms with E-state index in [1.807, 2.05) is 13.8 Å². The van der Waals surface area contributed by atoms with E-state index in [9.17, 15) is 53.4 Å². The zero-order chi connectivity index (χ0) is 46.4. The van der Waals surface area contributed by atoms with Gasteiger partial charge >= 0.3 is 0 Å². The van der Waals surface area contributed by atoms with Gasteiger partial charge in [-0.25, -0.2) is 0 Å². The smallest absolute Gasteiger partial charge is 0.245 e. The minimum absolute atomic E-state index is 0.0134. The summed E-state index contributed by atoms with van der Waals surface area (Å²) in [5.74, 6) is -7.18. The number of hydrogen-bond acceptors (Lipinski definition) is 12. The van der Waals surface area contributed by atoms with Gasteiger partial charge in [0, 0.05) is 25.9 Å². The molecular weight excluding hydrogens is 809 g/mol. The lowest BCUT2D eigenvalue weighted by atomic mass is 10.00. The van der Waals surface area contributed by atoms with Gasteiger partial charge in [0.1, 0.15) is 48.0 Å². The molecule has 0 bridgehead atoms. The van der Waals surface area contributed by atoms with Crippen molar-refractivity contribution < 1.29 is 53.4 Å². The van der Waals surface area contributed by atoms with Gasteiger partial charge in [-0.05, 0) is 75.0 Å². The second kappa shape index (κ2) is 23.4. The van der Waals surface area contributed by atoms with E-state index in [0.29, 0.717) is 31.4 Å². The van der Waals surface area contributed by atoms with Crippen molar-refractivity contribution in [1.29, 1.82) is 0 Å². The van der Waals surface area contributed by atoms with Gasteiger partial charge in [-0.15, -0.1) is 0 Å². The van der Waals surface area contributed by atoms with Crippen LogP contribution in [0.3, 0.4) is 0 Å². The van der Waals surface area contributed by atoms with Crippen LogP contribution in [0, 0.1) is 11.8 Å². The lowest BCUT2D eigenvalue weighted by Crippen LogP contribution is -2.61. The van der Waals surface area contributed by atoms with Gasteiger partial charge in [-0.2, -0.15) is 0 Å². The number of rotatable bonds is 22. The van der Waals surface area contributed by atoms with E-state index in [2.05, 4.69) is 26.6 Å². The van der Waals surface area contributed by atoms with Crippen LogP contribution in [0.5, 0.6) is 5.75 Å². The van der Waals surface area contributed by atoms with E-state index in [1.54, 1.807) is 26.0 Å². The van der Waals surface area contributed by atoms with Crippen LogP contribution in [-0.4, -0.2) is 141 Å². The quantitative estimate of drug-likeness (QED) is 0.0563. The number of primary amides is 2. The standard InChI is InChI=1S/C41H64N10O11/c1-21(2)18-28(47-37(58)27(19-24-10-12-25(53)13-11-24)46-38(59)29-8-6-16-50(29)32(55)20-42)41(62)51-17-7-9-30(51)39(60)45-26(14-15-31(43)54)36(57)49-34(23(5)52)40(61)48-33(22(3)4)35(44)56/h10-13,21-23,26-30,33-34,52-53H,6-9,14-20,42H2,1-5H3,(H2,43,54)(H2,44,56)(H,45,60)(H,46,59)(H,47,58)(H,48,61)(H,49,57)/t23-,26-,27-,28-,29+,30-,33-,34-/m0/s1. The fourth-order valence-corrected chi connectivity index (χ4v) is 7.56. The summed E-state index contributed by atoms with van der Waals surface area (Å²) in [5.41, 5.74) is 16.9. The average Bonchev–Trinajstić information content (AvgIpc) is 3.91. The topological polar surface area (TPSA) is 339 Å². The number of hydrogen-bond donors (Lipinski definition) is 10. The summed E-state index contributed by atoms with van der Waals surface area (Å²) in [4.78, 5) is 122. The number of carbonyl (C=O) groups is 9. The van der Waals surface area contributed by atoms with Crippen molar-refractivity contribution in [3.05, 3.63) is 29.8 Å². The van der Waals surface area contributed by atoms with Crippen LogP contribution < -0.4 is 43.8 Å². The minimum atomic E-state index is -1.60. The molecule has 1 aromatic rings. The van der Waals surface area contributed by atoms with Crippen molar-refractivity contribution >= 4 is 53.2 Å². The highest BCUT2D eigenvalue weighted by atomic mass is 16.3. The Morgan fingerprint density at radius 1 is 0.710 bits per heavy atom. The van der Waals surface area contributed by atoms with Gasteiger partial charge in [0.25, 0.3) is 0 Å². The molecule has 0 spiro atoms. The fraction of sp³-hybridized carbons (Fsp3) is 0.634. The number of nitrogens with one attached hydrogen (secondary N) is 5. The number of amides is 9. The van der Waals surface area contributed by atoms with E-state index < -0.39 is 107 Å². The number of aliphatic hydroxyl groups excluding tert-OH is 1. The Morgan fingerprint density at radius 3 is 1.76 bits per heavy atom. The van der Waals surface area contributed by atoms with Gasteiger partial charge in [0.2, 0.25) is 53.2 Å². The summed E-state index contributed by atoms with van der Waals surface area (Å²) in [6, 6.07) is -2.58. The molecule has 9 amide bonds. The maximum atomic E-state index is 14.4. The van der Waals surface area contributed by atoms with Crippen molar-refractivity contribution in [1.82, 2.24) is 36.4 Å². The van der Waals surface area contributed by atoms with E-state index in [4.69, 9.17) is 17.2 Å². The third kappa shape index (κ3) is 14.4. The summed E-state index contributed by atoms with van der Waals surface area (Å²) in [7, 11) is 0. The molecule has 0 unspecified atom stereocenters. The summed E-state index contributed by atoms with van der Waals surface area (Å²) in [5, 5.41) is 33.1. The molecule has 0 aliphatic carbocycles. The highest BCUT2D eigenvalue weighted by Crippen LogP contribution is 2.22. The third-order valence-electron chi connectivity index (χ3n) is 10.9. The number of aromatic hydroxyl groups is 1. The normalized spacial score (nSPS) is 19.1. The molecule has 8 atom stereocenters. The first-order valence-electron chi connectivity index (χ1n) is 21.0. The van der Waals surface area contributed by atoms with Gasteiger partial charge in [-0.1, -0.05) is 39.8 Å². The molecule has 1 aromatic carbocycles. The molecule has 2 fully saturated rings. The van der Waals surface area contributed by atoms with Crippen molar-refractivity contribution in [3.63, 3.8) is 0 Å². The van der Waals surface area contributed by atoms with Crippen LogP contribution in [0.4, 0.5) is 0 Å². The van der Waals surface area contributed by atoms with E-state index in [0.717, 1.165) is 0 Å². The first kappa shape index (κ1) is 50.5. The lowest BCUT2D eigenvalue weighted by Gasteiger charge is -2.32. The zero-order valence-electron chi connectivity index (χ0n) is 36.1. The molecule has 2 saturated heterocycles. The Labute approximate surface area is 361 Å². The van der Waals surface area contributed by atoms with Crippen molar-refractivity contribution in [3.8, 4) is 5.75 Å². The predicted molar refractivity (Wildman–Crippen MR) is 224 cm³/mol. The van der Waals surface area contributed by atoms with Crippen molar-refractivity contribution in [2.75, 3.05) is 19.6 Å². The van der Waals surface area contributed by atoms with Gasteiger partial charge in [0.05, 0.1) is 12.6 Å². The van der Waals surface area contributed by atoms with Crippen LogP contribution >= 0.6 is 0 Å². The molecule has 62 heavy (non-hydrogen) atoms. The average molecular weight is 873 g/mol. The van der Waals surface area contributed by atoms with Gasteiger partial charge in [0.15, 0.2) is 0 Å². The van der Waals surface area contributed by atoms with E-state index in [-0.39, 0.29) is 56.9 Å². The van der Waals surface area contributed by atoms with Crippen LogP contribution in [0.15, 0.2) is 24.3 Å². The molecule has 21 nitrogen and oxygen atoms in total. The molecule has 21 heteroatoms. The highest BCUT2D eigenvalue weighted by molar-refractivity contribution is 5.98. The molecule has 344 valence electrons. The van der Waals surface area contributed by atoms with Crippen LogP contribution in [0.1, 0.15) is 85.1 Å². The number of likely N-dealkylation sites (tertiary alicyclic amines) is 2. The Bertz CT molecular complexity index is 1790. The predicted octanol–water partition coefficient (Wildman–Crippen LogP) is -2.87. The van der Waals surface area contributed by atoms with Crippen LogP contribution in [0.2, 0.25) is 0 Å². The number of nitrogens with zero attached hydrogens (tertiary/aromatic N) is 2. The SMILES string of the molecule is CC(C)C[C@H](NC(=O)[C@H](Cc1ccc(O)cc1)NC(=O)[C@H]1CCCN1C(=O)CN)C(=O)N1CCC[C@H]1C(=O)N[C@@H](CCC(N)=O)C(=O)N[C@H](C(=O)N[C@H](C(N)=O)C(C)C)[C@H](C)O.